The summed E-state index contributed by atoms with van der Waals surface area (Å²) in [4.78, 5) is 49.6. The molecule has 0 fully saturated rings. The molecule has 1 aliphatic carbocycles. The SMILES string of the molecule is O=C1c2ccccc2C(=O)c2c1ccc(C(=O)Nc1ccc(Cl)cc1Cl)c2[N+](=O)[O-]. The summed E-state index contributed by atoms with van der Waals surface area (Å²) >= 11 is 11.9. The third kappa shape index (κ3) is 3.14. The monoisotopic (exact) mass is 440 g/mol. The summed E-state index contributed by atoms with van der Waals surface area (Å²) in [5, 5.41) is 14.8. The average Bonchev–Trinajstić information content (AvgIpc) is 2.72. The van der Waals surface area contributed by atoms with Gasteiger partial charge in [-0.2, -0.15) is 0 Å². The van der Waals surface area contributed by atoms with Crippen molar-refractivity contribution in [3.05, 3.63) is 103 Å². The van der Waals surface area contributed by atoms with Gasteiger partial charge >= 0.3 is 0 Å². The Balaban J connectivity index is 1.85. The third-order valence-corrected chi connectivity index (χ3v) is 5.22. The fourth-order valence-electron chi connectivity index (χ4n) is 3.32. The van der Waals surface area contributed by atoms with Gasteiger partial charge < -0.3 is 5.32 Å². The maximum atomic E-state index is 13.0. The Labute approximate surface area is 179 Å². The summed E-state index contributed by atoms with van der Waals surface area (Å²) in [7, 11) is 0. The third-order valence-electron chi connectivity index (χ3n) is 4.67. The molecule has 30 heavy (non-hydrogen) atoms. The minimum Gasteiger partial charge on any atom is -0.320 e. The van der Waals surface area contributed by atoms with Crippen LogP contribution in [0.4, 0.5) is 11.4 Å². The van der Waals surface area contributed by atoms with E-state index in [1.165, 1.54) is 36.4 Å². The van der Waals surface area contributed by atoms with Crippen LogP contribution in [-0.4, -0.2) is 22.4 Å². The normalized spacial score (nSPS) is 12.2. The molecule has 1 amide bonds. The number of benzene rings is 3. The van der Waals surface area contributed by atoms with E-state index >= 15 is 0 Å². The van der Waals surface area contributed by atoms with Crippen LogP contribution in [0.15, 0.2) is 54.6 Å². The van der Waals surface area contributed by atoms with E-state index in [4.69, 9.17) is 23.2 Å². The highest BCUT2D eigenvalue weighted by Gasteiger charge is 2.38. The maximum absolute atomic E-state index is 13.0. The fourth-order valence-corrected chi connectivity index (χ4v) is 3.78. The molecule has 148 valence electrons. The number of hydrogen-bond donors (Lipinski definition) is 1. The van der Waals surface area contributed by atoms with Crippen molar-refractivity contribution in [2.75, 3.05) is 5.32 Å². The number of anilines is 1. The quantitative estimate of drug-likeness (QED) is 0.359. The van der Waals surface area contributed by atoms with E-state index in [1.54, 1.807) is 12.1 Å². The molecule has 4 rings (SSSR count). The molecule has 0 saturated carbocycles. The van der Waals surface area contributed by atoms with Crippen molar-refractivity contribution in [2.45, 2.75) is 0 Å². The zero-order valence-electron chi connectivity index (χ0n) is 14.9. The van der Waals surface area contributed by atoms with Crippen molar-refractivity contribution < 1.29 is 19.3 Å². The van der Waals surface area contributed by atoms with Gasteiger partial charge in [0.05, 0.1) is 15.6 Å². The summed E-state index contributed by atoms with van der Waals surface area (Å²) < 4.78 is 0. The highest BCUT2D eigenvalue weighted by molar-refractivity contribution is 6.37. The molecule has 3 aromatic rings. The predicted molar refractivity (Wildman–Crippen MR) is 111 cm³/mol. The summed E-state index contributed by atoms with van der Waals surface area (Å²) in [6, 6.07) is 12.8. The molecule has 0 unspecified atom stereocenters. The van der Waals surface area contributed by atoms with E-state index in [0.717, 1.165) is 6.07 Å². The second-order valence-electron chi connectivity index (χ2n) is 6.42. The largest absolute Gasteiger partial charge is 0.320 e. The van der Waals surface area contributed by atoms with Gasteiger partial charge in [0.2, 0.25) is 5.78 Å². The Morgan fingerprint density at radius 1 is 0.900 bits per heavy atom. The van der Waals surface area contributed by atoms with Crippen molar-refractivity contribution in [2.24, 2.45) is 0 Å². The number of nitrogens with one attached hydrogen (secondary N) is 1. The number of hydrogen-bond acceptors (Lipinski definition) is 5. The number of halogens is 2. The molecule has 0 aliphatic heterocycles. The minimum absolute atomic E-state index is 0.0522. The van der Waals surface area contributed by atoms with Crippen molar-refractivity contribution in [3.8, 4) is 0 Å². The number of nitro groups is 1. The van der Waals surface area contributed by atoms with Crippen LogP contribution in [0.25, 0.3) is 0 Å². The molecule has 0 bridgehead atoms. The van der Waals surface area contributed by atoms with Gasteiger partial charge in [-0.15, -0.1) is 0 Å². The Hall–Kier alpha value is -3.55. The van der Waals surface area contributed by atoms with E-state index in [2.05, 4.69) is 5.32 Å². The van der Waals surface area contributed by atoms with Crippen molar-refractivity contribution in [1.29, 1.82) is 0 Å². The second kappa shape index (κ2) is 7.37. The number of nitrogens with zero attached hydrogens (tertiary/aromatic N) is 1. The molecule has 1 aliphatic rings. The number of nitro benzene ring substituents is 1. The van der Waals surface area contributed by atoms with Crippen LogP contribution in [0.1, 0.15) is 42.2 Å². The lowest BCUT2D eigenvalue weighted by Gasteiger charge is -2.18. The number of carbonyl (C=O) groups excluding carboxylic acids is 3. The molecule has 0 spiro atoms. The second-order valence-corrected chi connectivity index (χ2v) is 7.27. The Morgan fingerprint density at radius 2 is 1.57 bits per heavy atom. The van der Waals surface area contributed by atoms with Crippen LogP contribution in [0.2, 0.25) is 10.0 Å². The van der Waals surface area contributed by atoms with Gasteiger partial charge in [0.15, 0.2) is 5.78 Å². The maximum Gasteiger partial charge on any atom is 0.294 e. The van der Waals surface area contributed by atoms with Crippen molar-refractivity contribution >= 4 is 52.1 Å². The number of amides is 1. The van der Waals surface area contributed by atoms with E-state index < -0.39 is 33.6 Å². The molecule has 9 heteroatoms. The molecule has 7 nitrogen and oxygen atoms in total. The van der Waals surface area contributed by atoms with Gasteiger partial charge in [0, 0.05) is 21.7 Å². The topological polar surface area (TPSA) is 106 Å². The van der Waals surface area contributed by atoms with Gasteiger partial charge in [-0.3, -0.25) is 24.5 Å². The molecule has 0 atom stereocenters. The first-order chi connectivity index (χ1) is 14.3. The van der Waals surface area contributed by atoms with Gasteiger partial charge in [0.1, 0.15) is 11.1 Å². The first-order valence-corrected chi connectivity index (χ1v) is 9.31. The van der Waals surface area contributed by atoms with Crippen LogP contribution in [0, 0.1) is 10.1 Å². The van der Waals surface area contributed by atoms with Crippen LogP contribution in [0.3, 0.4) is 0 Å². The Bertz CT molecular complexity index is 1290. The van der Waals surface area contributed by atoms with E-state index in [9.17, 15) is 24.5 Å². The summed E-state index contributed by atoms with van der Waals surface area (Å²) in [5.74, 6) is -2.06. The van der Waals surface area contributed by atoms with Crippen molar-refractivity contribution in [1.82, 2.24) is 0 Å². The first kappa shape index (κ1) is 19.8. The standard InChI is InChI=1S/C21H10Cl2N2O5/c22-10-5-8-16(15(23)9-10)24-21(28)14-7-6-13-17(18(14)25(29)30)20(27)12-4-2-1-3-11(12)19(13)26/h1-9H,(H,24,28). The number of ketones is 2. The van der Waals surface area contributed by atoms with Crippen LogP contribution >= 0.6 is 23.2 Å². The zero-order valence-corrected chi connectivity index (χ0v) is 16.5. The molecular weight excluding hydrogens is 431 g/mol. The van der Waals surface area contributed by atoms with Gasteiger partial charge in [-0.25, -0.2) is 0 Å². The summed E-state index contributed by atoms with van der Waals surface area (Å²) in [5.41, 5.74) is -1.23. The lowest BCUT2D eigenvalue weighted by molar-refractivity contribution is -0.385. The van der Waals surface area contributed by atoms with Crippen LogP contribution in [0.5, 0.6) is 0 Å². The van der Waals surface area contributed by atoms with Gasteiger partial charge in [-0.05, 0) is 30.3 Å². The predicted octanol–water partition coefficient (Wildman–Crippen LogP) is 4.93. The summed E-state index contributed by atoms with van der Waals surface area (Å²) in [6.07, 6.45) is 0. The highest BCUT2D eigenvalue weighted by Crippen LogP contribution is 2.36. The number of rotatable bonds is 3. The first-order valence-electron chi connectivity index (χ1n) is 8.56. The average molecular weight is 441 g/mol. The Morgan fingerprint density at radius 3 is 2.20 bits per heavy atom. The fraction of sp³-hybridized carbons (Fsp3) is 0. The Kier molecular flexibility index (Phi) is 4.85. The van der Waals surface area contributed by atoms with E-state index in [0.29, 0.717) is 5.02 Å². The lowest BCUT2D eigenvalue weighted by Crippen LogP contribution is -2.24. The van der Waals surface area contributed by atoms with Crippen molar-refractivity contribution in [3.63, 3.8) is 0 Å². The number of fused-ring (bicyclic) bond motifs is 2. The van der Waals surface area contributed by atoms with Gasteiger partial charge in [-0.1, -0.05) is 47.5 Å². The van der Waals surface area contributed by atoms with E-state index in [1.807, 2.05) is 0 Å². The number of carbonyl (C=O) groups is 3. The molecule has 0 aromatic heterocycles. The minimum atomic E-state index is -0.854. The van der Waals surface area contributed by atoms with E-state index in [-0.39, 0.29) is 33.0 Å². The zero-order chi connectivity index (χ0) is 21.6. The van der Waals surface area contributed by atoms with Crippen LogP contribution in [-0.2, 0) is 0 Å². The van der Waals surface area contributed by atoms with Crippen LogP contribution < -0.4 is 5.32 Å². The lowest BCUT2D eigenvalue weighted by atomic mass is 9.82. The molecule has 0 heterocycles. The smallest absolute Gasteiger partial charge is 0.294 e. The highest BCUT2D eigenvalue weighted by atomic mass is 35.5. The molecule has 0 saturated heterocycles. The molecule has 1 N–H and O–H groups in total. The molecular formula is C21H10Cl2N2O5. The molecule has 0 radical (unpaired) electrons. The summed E-state index contributed by atoms with van der Waals surface area (Å²) in [6.45, 7) is 0. The molecule has 3 aromatic carbocycles. The van der Waals surface area contributed by atoms with Gasteiger partial charge in [0.25, 0.3) is 11.6 Å².